The van der Waals surface area contributed by atoms with E-state index in [0.717, 1.165) is 134 Å². The number of hydrogen-bond acceptors (Lipinski definition) is 16. The van der Waals surface area contributed by atoms with Crippen LogP contribution in [0.3, 0.4) is 0 Å². The molecule has 3 saturated heterocycles. The number of ketones is 2. The molecule has 6 heterocycles. The molecule has 0 radical (unpaired) electrons. The molecule has 2 N–H and O–H groups in total. The third-order valence-electron chi connectivity index (χ3n) is 13.9. The molecule has 0 aromatic carbocycles. The van der Waals surface area contributed by atoms with E-state index in [1.165, 1.54) is 12.8 Å². The summed E-state index contributed by atoms with van der Waals surface area (Å²) in [4.78, 5) is 33.8. The van der Waals surface area contributed by atoms with Crippen LogP contribution in [0.25, 0.3) is 0 Å². The van der Waals surface area contributed by atoms with E-state index in [1.807, 2.05) is 43.4 Å². The number of rotatable bonds is 7. The lowest BCUT2D eigenvalue weighted by Gasteiger charge is -2.35. The Balaban J connectivity index is 0.000000127. The summed E-state index contributed by atoms with van der Waals surface area (Å²) in [6.45, 7) is 4.28. The van der Waals surface area contributed by atoms with Gasteiger partial charge in [-0.3, -0.25) is 24.5 Å². The van der Waals surface area contributed by atoms with Crippen molar-refractivity contribution in [3.8, 4) is 17.2 Å². The van der Waals surface area contributed by atoms with Gasteiger partial charge in [-0.05, 0) is 108 Å². The Morgan fingerprint density at radius 1 is 0.456 bits per heavy atom. The molecule has 11 rings (SSSR count). The lowest BCUT2D eigenvalue weighted by Crippen LogP contribution is -2.38. The van der Waals surface area contributed by atoms with Crippen molar-refractivity contribution in [2.24, 2.45) is 0 Å². The Bertz CT molecular complexity index is 1850. The Labute approximate surface area is 401 Å². The topological polar surface area (TPSA) is 188 Å². The van der Waals surface area contributed by atoms with Crippen LogP contribution in [-0.4, -0.2) is 126 Å². The third kappa shape index (κ3) is 16.8. The molecule has 0 bridgehead atoms. The molecule has 0 unspecified atom stereocenters. The second-order valence-electron chi connectivity index (χ2n) is 18.7. The van der Waals surface area contributed by atoms with Gasteiger partial charge in [0, 0.05) is 107 Å². The highest BCUT2D eigenvalue weighted by Crippen LogP contribution is 2.38. The second kappa shape index (κ2) is 26.7. The van der Waals surface area contributed by atoms with Crippen molar-refractivity contribution >= 4 is 11.6 Å². The van der Waals surface area contributed by atoms with Crippen molar-refractivity contribution in [3.05, 3.63) is 73.6 Å². The summed E-state index contributed by atoms with van der Waals surface area (Å²) in [6.07, 6.45) is 28.9. The molecule has 8 fully saturated rings. The maximum Gasteiger partial charge on any atom is 0.169 e. The number of hydrogen-bond donors (Lipinski definition) is 2. The molecule has 3 spiro atoms. The largest absolute Gasteiger partial charge is 0.490 e. The molecule has 5 saturated carbocycles. The zero-order chi connectivity index (χ0) is 47.3. The van der Waals surface area contributed by atoms with Crippen LogP contribution in [0.2, 0.25) is 0 Å². The molecule has 0 atom stereocenters. The third-order valence-corrected chi connectivity index (χ3v) is 13.9. The first-order valence-electron chi connectivity index (χ1n) is 25.1. The van der Waals surface area contributed by atoms with Gasteiger partial charge in [0.05, 0.1) is 64.1 Å². The van der Waals surface area contributed by atoms with Crippen LogP contribution in [0.1, 0.15) is 128 Å². The van der Waals surface area contributed by atoms with Crippen LogP contribution < -0.4 is 19.5 Å². The summed E-state index contributed by atoms with van der Waals surface area (Å²) < 4.78 is 50.8. The number of Topliss-reactive ketones (excluding diaryl/α,β-unsaturated/α-hetero) is 2. The van der Waals surface area contributed by atoms with Crippen molar-refractivity contribution in [3.63, 3.8) is 0 Å². The van der Waals surface area contributed by atoms with Gasteiger partial charge in [0.15, 0.2) is 17.4 Å². The average molecular weight is 947 g/mol. The molecule has 5 aliphatic carbocycles. The molecule has 374 valence electrons. The first-order valence-corrected chi connectivity index (χ1v) is 25.1. The van der Waals surface area contributed by atoms with E-state index < -0.39 is 0 Å². The minimum atomic E-state index is -0.367. The van der Waals surface area contributed by atoms with Gasteiger partial charge in [-0.15, -0.1) is 0 Å². The monoisotopic (exact) mass is 947 g/mol. The van der Waals surface area contributed by atoms with Crippen molar-refractivity contribution in [1.29, 1.82) is 0 Å². The van der Waals surface area contributed by atoms with Gasteiger partial charge >= 0.3 is 0 Å². The van der Waals surface area contributed by atoms with Gasteiger partial charge in [0.1, 0.15) is 28.8 Å². The van der Waals surface area contributed by atoms with Crippen LogP contribution in [0, 0.1) is 0 Å². The first-order chi connectivity index (χ1) is 33.2. The van der Waals surface area contributed by atoms with Gasteiger partial charge in [0.2, 0.25) is 0 Å². The molecule has 3 aromatic heterocycles. The molecule has 8 aliphatic rings. The second-order valence-corrected chi connectivity index (χ2v) is 18.7. The highest BCUT2D eigenvalue weighted by Gasteiger charge is 2.42. The highest BCUT2D eigenvalue weighted by atomic mass is 16.7. The van der Waals surface area contributed by atoms with Crippen molar-refractivity contribution in [1.82, 2.24) is 20.3 Å². The molecule has 3 aliphatic heterocycles. The predicted molar refractivity (Wildman–Crippen MR) is 251 cm³/mol. The minimum absolute atomic E-state index is 0.131. The summed E-state index contributed by atoms with van der Waals surface area (Å²) in [5, 5.41) is 12.6. The highest BCUT2D eigenvalue weighted by molar-refractivity contribution is 5.79. The van der Waals surface area contributed by atoms with E-state index >= 15 is 0 Å². The number of aliphatic hydroxyl groups excluding tert-OH is 1. The predicted octanol–water partition coefficient (Wildman–Crippen LogP) is 7.65. The number of nitrogens with one attached hydrogen (secondary N) is 1. The van der Waals surface area contributed by atoms with Gasteiger partial charge < -0.3 is 53.1 Å². The summed E-state index contributed by atoms with van der Waals surface area (Å²) in [5.74, 6) is 2.42. The van der Waals surface area contributed by atoms with Crippen LogP contribution >= 0.6 is 0 Å². The Kier molecular flexibility index (Phi) is 20.3. The molecule has 16 nitrogen and oxygen atoms in total. The molecular formula is C52H74N4O12. The standard InChI is InChI=1S/C13H17NO3.C12H18N2O.C11H13NO2.C8H14O3.C8H12O3/c1-5-13(15-9-10-16-13)6-2-11(1)17-12-3-7-14-8-4-12;1-13-10-2-4-11(5-3-10)15-12-6-8-14-9-7-12;13-9-1-3-10(4-2-9)14-11-5-7-12-8-6-11;2*9-7-1-3-8(4-2-7)10-5-6-11-8/h3-4,7-8,11H,1-2,5-6,9-10H2;6-11,13H,2-5H2,1H3;5-8,10H,1-4H2;7,9H,1-6H2;1-6H2. The lowest BCUT2D eigenvalue weighted by atomic mass is 9.92. The van der Waals surface area contributed by atoms with E-state index in [0.29, 0.717) is 62.6 Å². The molecule has 0 amide bonds. The van der Waals surface area contributed by atoms with E-state index in [2.05, 4.69) is 20.3 Å². The molecule has 16 heteroatoms. The van der Waals surface area contributed by atoms with Crippen LogP contribution in [0.4, 0.5) is 0 Å². The Hall–Kier alpha value is -4.13. The van der Waals surface area contributed by atoms with Crippen molar-refractivity contribution in [2.45, 2.75) is 176 Å². The molecule has 68 heavy (non-hydrogen) atoms. The van der Waals surface area contributed by atoms with Gasteiger partial charge in [-0.1, -0.05) is 0 Å². The van der Waals surface area contributed by atoms with Gasteiger partial charge in [-0.25, -0.2) is 0 Å². The maximum absolute atomic E-state index is 11.0. The molecule has 3 aromatic rings. The van der Waals surface area contributed by atoms with E-state index in [-0.39, 0.29) is 35.7 Å². The average Bonchev–Trinajstić information content (AvgIpc) is 4.18. The summed E-state index contributed by atoms with van der Waals surface area (Å²) >= 11 is 0. The number of carbonyl (C=O) groups is 2. The van der Waals surface area contributed by atoms with E-state index in [1.54, 1.807) is 37.2 Å². The van der Waals surface area contributed by atoms with E-state index in [9.17, 15) is 14.7 Å². The van der Waals surface area contributed by atoms with Crippen LogP contribution in [-0.2, 0) is 38.0 Å². The fourth-order valence-corrected chi connectivity index (χ4v) is 9.79. The Morgan fingerprint density at radius 2 is 0.779 bits per heavy atom. The number of nitrogens with zero attached hydrogens (tertiary/aromatic N) is 3. The van der Waals surface area contributed by atoms with Crippen LogP contribution in [0.15, 0.2) is 73.6 Å². The number of carbonyl (C=O) groups excluding carboxylic acids is 2. The fraction of sp³-hybridized carbons (Fsp3) is 0.673. The number of pyridine rings is 3. The number of ether oxygens (including phenoxy) is 9. The van der Waals surface area contributed by atoms with E-state index in [4.69, 9.17) is 42.6 Å². The first kappa shape index (κ1) is 51.7. The fourth-order valence-electron chi connectivity index (χ4n) is 9.79. The minimum Gasteiger partial charge on any atom is -0.490 e. The number of aliphatic hydroxyl groups is 1. The SMILES string of the molecule is CNC1CCC(Oc2ccncc2)CC1.O=C1CCC(Oc2ccncc2)CC1.O=C1CCC2(CC1)OCCO2.OC1CCC2(CC1)OCCO2.c1cc(OC2CCC3(CC2)OCCO3)ccn1. The normalized spacial score (nSPS) is 26.2. The van der Waals surface area contributed by atoms with Crippen molar-refractivity contribution in [2.75, 3.05) is 46.7 Å². The zero-order valence-electron chi connectivity index (χ0n) is 40.0. The quantitative estimate of drug-likeness (QED) is 0.235. The lowest BCUT2D eigenvalue weighted by molar-refractivity contribution is -0.187. The maximum atomic E-state index is 11.0. The molecular weight excluding hydrogens is 873 g/mol. The van der Waals surface area contributed by atoms with Gasteiger partial charge in [0.25, 0.3) is 0 Å². The summed E-state index contributed by atoms with van der Waals surface area (Å²) in [7, 11) is 2.04. The number of aromatic nitrogens is 3. The van der Waals surface area contributed by atoms with Crippen LogP contribution in [0.5, 0.6) is 17.2 Å². The summed E-state index contributed by atoms with van der Waals surface area (Å²) in [5.41, 5.74) is 0. The zero-order valence-corrected chi connectivity index (χ0v) is 40.0. The Morgan fingerprint density at radius 3 is 1.16 bits per heavy atom. The summed E-state index contributed by atoms with van der Waals surface area (Å²) in [6, 6.07) is 12.0. The van der Waals surface area contributed by atoms with Crippen molar-refractivity contribution < 1.29 is 57.3 Å². The van der Waals surface area contributed by atoms with Gasteiger partial charge in [-0.2, -0.15) is 0 Å². The smallest absolute Gasteiger partial charge is 0.169 e.